The second-order valence-electron chi connectivity index (χ2n) is 7.30. The minimum atomic E-state index is -0.371. The molecule has 0 saturated carbocycles. The van der Waals surface area contributed by atoms with Crippen LogP contribution in [-0.4, -0.2) is 31.2 Å². The number of carbonyl (C=O) groups is 1. The average molecular weight is 450 g/mol. The largest absolute Gasteiger partial charge is 0.325 e. The highest BCUT2D eigenvalue weighted by Gasteiger charge is 2.16. The van der Waals surface area contributed by atoms with E-state index in [2.05, 4.69) is 20.3 Å². The molecule has 1 N–H and O–H groups in total. The Morgan fingerprint density at radius 3 is 2.59 bits per heavy atom. The Kier molecular flexibility index (Phi) is 6.27. The van der Waals surface area contributed by atoms with Crippen molar-refractivity contribution in [2.45, 2.75) is 25.5 Å². The van der Waals surface area contributed by atoms with Crippen molar-refractivity contribution in [2.75, 3.05) is 11.1 Å². The molecule has 2 aromatic carbocycles. The van der Waals surface area contributed by atoms with E-state index in [1.165, 1.54) is 29.1 Å². The molecular weight excluding hydrogens is 429 g/mol. The Morgan fingerprint density at radius 2 is 1.84 bits per heavy atom. The van der Waals surface area contributed by atoms with Crippen molar-refractivity contribution in [3.05, 3.63) is 87.7 Å². The molecule has 0 bridgehead atoms. The molecular formula is C23H20FN5O2S. The minimum absolute atomic E-state index is 0.0505. The first-order chi connectivity index (χ1) is 15.4. The van der Waals surface area contributed by atoms with E-state index in [1.54, 1.807) is 12.1 Å². The van der Waals surface area contributed by atoms with Crippen molar-refractivity contribution in [3.8, 4) is 0 Å². The van der Waals surface area contributed by atoms with Crippen LogP contribution in [0.4, 0.5) is 10.1 Å². The lowest BCUT2D eigenvalue weighted by Gasteiger charge is -2.13. The fourth-order valence-corrected chi connectivity index (χ4v) is 4.01. The lowest BCUT2D eigenvalue weighted by atomic mass is 10.1. The fraction of sp³-hybridized carbons (Fsp3) is 0.174. The number of thioether (sulfide) groups is 1. The highest BCUT2D eigenvalue weighted by atomic mass is 32.2. The summed E-state index contributed by atoms with van der Waals surface area (Å²) in [4.78, 5) is 38.3. The number of amides is 1. The van der Waals surface area contributed by atoms with Crippen LogP contribution in [0.25, 0.3) is 11.2 Å². The third-order valence-electron chi connectivity index (χ3n) is 4.80. The van der Waals surface area contributed by atoms with Crippen LogP contribution in [0.5, 0.6) is 0 Å². The number of fused-ring (bicyclic) bond motifs is 1. The van der Waals surface area contributed by atoms with Gasteiger partial charge in [0.05, 0.1) is 12.3 Å². The van der Waals surface area contributed by atoms with Gasteiger partial charge in [0.15, 0.2) is 16.3 Å². The van der Waals surface area contributed by atoms with Crippen molar-refractivity contribution in [1.29, 1.82) is 0 Å². The van der Waals surface area contributed by atoms with E-state index in [4.69, 9.17) is 0 Å². The smallest absolute Gasteiger partial charge is 0.282 e. The number of aromatic nitrogens is 4. The van der Waals surface area contributed by atoms with Gasteiger partial charge in [-0.15, -0.1) is 0 Å². The zero-order valence-corrected chi connectivity index (χ0v) is 18.3. The number of benzene rings is 2. The summed E-state index contributed by atoms with van der Waals surface area (Å²) < 4.78 is 14.7. The van der Waals surface area contributed by atoms with E-state index in [1.807, 2.05) is 32.0 Å². The second kappa shape index (κ2) is 9.27. The molecule has 9 heteroatoms. The average Bonchev–Trinajstić information content (AvgIpc) is 2.78. The molecule has 0 aliphatic rings. The Morgan fingerprint density at radius 1 is 1.09 bits per heavy atom. The van der Waals surface area contributed by atoms with E-state index >= 15 is 0 Å². The second-order valence-corrected chi connectivity index (χ2v) is 8.24. The molecule has 32 heavy (non-hydrogen) atoms. The monoisotopic (exact) mass is 449 g/mol. The molecule has 0 aliphatic carbocycles. The predicted octanol–water partition coefficient (Wildman–Crippen LogP) is 3.72. The van der Waals surface area contributed by atoms with Gasteiger partial charge in [-0.1, -0.05) is 41.6 Å². The van der Waals surface area contributed by atoms with Crippen LogP contribution in [0.3, 0.4) is 0 Å². The first kappa shape index (κ1) is 21.6. The normalized spacial score (nSPS) is 11.0. The molecule has 0 radical (unpaired) electrons. The zero-order chi connectivity index (χ0) is 22.7. The van der Waals surface area contributed by atoms with Crippen LogP contribution in [0.1, 0.15) is 16.7 Å². The molecule has 0 spiro atoms. The van der Waals surface area contributed by atoms with Gasteiger partial charge in [-0.3, -0.25) is 14.2 Å². The molecule has 1 amide bonds. The van der Waals surface area contributed by atoms with Crippen molar-refractivity contribution < 1.29 is 9.18 Å². The molecule has 7 nitrogen and oxygen atoms in total. The summed E-state index contributed by atoms with van der Waals surface area (Å²) >= 11 is 1.13. The zero-order valence-electron chi connectivity index (χ0n) is 17.5. The Labute approximate surface area is 187 Å². The standard InChI is InChI=1S/C23H20FN5O2S/c1-14-3-8-18(15(2)11-14)27-19(30)13-32-23-28-21-20(25-9-10-26-21)22(31)29(23)12-16-4-6-17(24)7-5-16/h3-11H,12-13H2,1-2H3,(H,27,30). The number of carbonyl (C=O) groups excluding carboxylic acids is 1. The molecule has 162 valence electrons. The maximum Gasteiger partial charge on any atom is 0.282 e. The number of hydrogen-bond acceptors (Lipinski definition) is 6. The van der Waals surface area contributed by atoms with E-state index in [-0.39, 0.29) is 40.7 Å². The maximum absolute atomic E-state index is 13.3. The summed E-state index contributed by atoms with van der Waals surface area (Å²) in [6, 6.07) is 11.7. The maximum atomic E-state index is 13.3. The van der Waals surface area contributed by atoms with Gasteiger partial charge in [0.25, 0.3) is 5.56 Å². The first-order valence-electron chi connectivity index (χ1n) is 9.86. The van der Waals surface area contributed by atoms with E-state index in [0.717, 1.165) is 34.1 Å². The summed E-state index contributed by atoms with van der Waals surface area (Å²) in [7, 11) is 0. The molecule has 0 atom stereocenters. The summed E-state index contributed by atoms with van der Waals surface area (Å²) in [5, 5.41) is 3.23. The molecule has 4 rings (SSSR count). The van der Waals surface area contributed by atoms with Crippen LogP contribution >= 0.6 is 11.8 Å². The van der Waals surface area contributed by atoms with Gasteiger partial charge >= 0.3 is 0 Å². The van der Waals surface area contributed by atoms with Gasteiger partial charge < -0.3 is 5.32 Å². The molecule has 0 aliphatic heterocycles. The number of anilines is 1. The van der Waals surface area contributed by atoms with Crippen LogP contribution < -0.4 is 10.9 Å². The fourth-order valence-electron chi connectivity index (χ4n) is 3.22. The van der Waals surface area contributed by atoms with Crippen LogP contribution in [0, 0.1) is 19.7 Å². The molecule has 2 heterocycles. The van der Waals surface area contributed by atoms with Crippen molar-refractivity contribution in [3.63, 3.8) is 0 Å². The van der Waals surface area contributed by atoms with Gasteiger partial charge in [-0.05, 0) is 43.2 Å². The van der Waals surface area contributed by atoms with Crippen molar-refractivity contribution in [2.24, 2.45) is 0 Å². The Balaban J connectivity index is 1.61. The highest BCUT2D eigenvalue weighted by molar-refractivity contribution is 7.99. The topological polar surface area (TPSA) is 89.8 Å². The quantitative estimate of drug-likeness (QED) is 0.356. The number of nitrogens with one attached hydrogen (secondary N) is 1. The number of hydrogen-bond donors (Lipinski definition) is 1. The number of rotatable bonds is 6. The number of nitrogens with zero attached hydrogens (tertiary/aromatic N) is 4. The predicted molar refractivity (Wildman–Crippen MR) is 122 cm³/mol. The van der Waals surface area contributed by atoms with Gasteiger partial charge in [0.2, 0.25) is 5.91 Å². The van der Waals surface area contributed by atoms with Crippen molar-refractivity contribution in [1.82, 2.24) is 19.5 Å². The van der Waals surface area contributed by atoms with Crippen molar-refractivity contribution >= 4 is 34.5 Å². The van der Waals surface area contributed by atoms with Crippen LogP contribution in [0.2, 0.25) is 0 Å². The van der Waals surface area contributed by atoms with Crippen LogP contribution in [0.15, 0.2) is 64.8 Å². The first-order valence-corrected chi connectivity index (χ1v) is 10.8. The van der Waals surface area contributed by atoms with E-state index < -0.39 is 0 Å². The Bertz CT molecular complexity index is 1360. The van der Waals surface area contributed by atoms with Gasteiger partial charge in [0, 0.05) is 18.1 Å². The van der Waals surface area contributed by atoms with Gasteiger partial charge in [0.1, 0.15) is 5.82 Å². The van der Waals surface area contributed by atoms with E-state index in [9.17, 15) is 14.0 Å². The number of halogens is 1. The van der Waals surface area contributed by atoms with Crippen LogP contribution in [-0.2, 0) is 11.3 Å². The summed E-state index contributed by atoms with van der Waals surface area (Å²) in [5.74, 6) is -0.528. The highest BCUT2D eigenvalue weighted by Crippen LogP contribution is 2.20. The summed E-state index contributed by atoms with van der Waals surface area (Å²) in [6.45, 7) is 4.09. The van der Waals surface area contributed by atoms with Gasteiger partial charge in [-0.2, -0.15) is 0 Å². The van der Waals surface area contributed by atoms with Gasteiger partial charge in [-0.25, -0.2) is 19.3 Å². The minimum Gasteiger partial charge on any atom is -0.325 e. The molecule has 0 fully saturated rings. The molecule has 0 saturated heterocycles. The summed E-state index contributed by atoms with van der Waals surface area (Å²) in [6.07, 6.45) is 2.89. The lowest BCUT2D eigenvalue weighted by Crippen LogP contribution is -2.26. The Hall–Kier alpha value is -3.59. The third kappa shape index (κ3) is 4.83. The number of aryl methyl sites for hydroxylation is 2. The molecule has 4 aromatic rings. The lowest BCUT2D eigenvalue weighted by molar-refractivity contribution is -0.113. The van der Waals surface area contributed by atoms with E-state index in [0.29, 0.717) is 5.16 Å². The summed E-state index contributed by atoms with van der Waals surface area (Å²) in [5.41, 5.74) is 3.52. The third-order valence-corrected chi connectivity index (χ3v) is 5.78. The molecule has 0 unspecified atom stereocenters. The molecule has 2 aromatic heterocycles. The SMILES string of the molecule is Cc1ccc(NC(=O)CSc2nc3nccnc3c(=O)n2Cc2ccc(F)cc2)c(C)c1.